The molecule has 5 heteroatoms. The number of aryl methyl sites for hydroxylation is 1. The molecule has 0 aliphatic heterocycles. The maximum absolute atomic E-state index is 5.38. The van der Waals surface area contributed by atoms with E-state index in [1.165, 1.54) is 49.1 Å². The molecule has 0 radical (unpaired) electrons. The number of thiocarbonyl (C=S) groups is 1. The average Bonchev–Trinajstić information content (AvgIpc) is 2.97. The molecule has 3 rings (SSSR count). The van der Waals surface area contributed by atoms with E-state index in [1.807, 2.05) is 0 Å². The standard InChI is InChI=1S/C14H21N3S2/c1-9-6-7-11-12(8-9)19-14(16-11)17-13(18)15-10-4-2-3-5-10/h9-10H,2-8H2,1H3,(H2,15,16,17,18). The Kier molecular flexibility index (Phi) is 4.03. The highest BCUT2D eigenvalue weighted by atomic mass is 32.1. The van der Waals surface area contributed by atoms with Crippen LogP contribution >= 0.6 is 23.6 Å². The summed E-state index contributed by atoms with van der Waals surface area (Å²) in [4.78, 5) is 6.13. The molecule has 3 nitrogen and oxygen atoms in total. The van der Waals surface area contributed by atoms with Crippen LogP contribution in [0.1, 0.15) is 49.6 Å². The van der Waals surface area contributed by atoms with Crippen LogP contribution in [0, 0.1) is 5.92 Å². The highest BCUT2D eigenvalue weighted by Gasteiger charge is 2.20. The van der Waals surface area contributed by atoms with Crippen molar-refractivity contribution in [3.8, 4) is 0 Å². The van der Waals surface area contributed by atoms with Gasteiger partial charge in [-0.1, -0.05) is 19.8 Å². The molecule has 0 spiro atoms. The van der Waals surface area contributed by atoms with Gasteiger partial charge in [0.2, 0.25) is 0 Å². The van der Waals surface area contributed by atoms with E-state index in [1.54, 1.807) is 11.3 Å². The van der Waals surface area contributed by atoms with Gasteiger partial charge in [-0.2, -0.15) is 0 Å². The third kappa shape index (κ3) is 3.26. The number of aromatic nitrogens is 1. The summed E-state index contributed by atoms with van der Waals surface area (Å²) in [6.45, 7) is 2.32. The minimum atomic E-state index is 0.564. The van der Waals surface area contributed by atoms with Gasteiger partial charge in [0.1, 0.15) is 0 Å². The molecule has 2 N–H and O–H groups in total. The van der Waals surface area contributed by atoms with E-state index >= 15 is 0 Å². The van der Waals surface area contributed by atoms with E-state index < -0.39 is 0 Å². The maximum Gasteiger partial charge on any atom is 0.189 e. The molecule has 1 saturated carbocycles. The summed E-state index contributed by atoms with van der Waals surface area (Å²) < 4.78 is 0. The van der Waals surface area contributed by atoms with Crippen LogP contribution in [0.15, 0.2) is 0 Å². The Morgan fingerprint density at radius 3 is 2.89 bits per heavy atom. The number of nitrogens with zero attached hydrogens (tertiary/aromatic N) is 1. The zero-order chi connectivity index (χ0) is 13.2. The molecule has 104 valence electrons. The third-order valence-electron chi connectivity index (χ3n) is 4.10. The summed E-state index contributed by atoms with van der Waals surface area (Å²) >= 11 is 7.16. The van der Waals surface area contributed by atoms with Crippen LogP contribution in [-0.4, -0.2) is 16.1 Å². The van der Waals surface area contributed by atoms with E-state index in [-0.39, 0.29) is 0 Å². The topological polar surface area (TPSA) is 37.0 Å². The largest absolute Gasteiger partial charge is 0.360 e. The second kappa shape index (κ2) is 5.75. The summed E-state index contributed by atoms with van der Waals surface area (Å²) in [6, 6.07) is 0.564. The first-order valence-electron chi connectivity index (χ1n) is 7.27. The fourth-order valence-electron chi connectivity index (χ4n) is 2.98. The zero-order valence-electron chi connectivity index (χ0n) is 11.4. The predicted molar refractivity (Wildman–Crippen MR) is 84.9 cm³/mol. The minimum absolute atomic E-state index is 0.564. The Balaban J connectivity index is 1.59. The first-order chi connectivity index (χ1) is 9.20. The molecule has 0 aromatic carbocycles. The van der Waals surface area contributed by atoms with Crippen molar-refractivity contribution < 1.29 is 0 Å². The van der Waals surface area contributed by atoms with Crippen molar-refractivity contribution in [3.05, 3.63) is 10.6 Å². The quantitative estimate of drug-likeness (QED) is 0.819. The molecular weight excluding hydrogens is 274 g/mol. The van der Waals surface area contributed by atoms with Crippen molar-refractivity contribution in [2.24, 2.45) is 5.92 Å². The van der Waals surface area contributed by atoms with Crippen LogP contribution in [-0.2, 0) is 12.8 Å². The Morgan fingerprint density at radius 1 is 1.32 bits per heavy atom. The Hall–Kier alpha value is -0.680. The number of anilines is 1. The van der Waals surface area contributed by atoms with Crippen LogP contribution < -0.4 is 10.6 Å². The van der Waals surface area contributed by atoms with E-state index in [4.69, 9.17) is 12.2 Å². The fourth-order valence-corrected chi connectivity index (χ4v) is 4.49. The third-order valence-corrected chi connectivity index (χ3v) is 5.35. The lowest BCUT2D eigenvalue weighted by Crippen LogP contribution is -2.35. The molecule has 1 heterocycles. The monoisotopic (exact) mass is 295 g/mol. The summed E-state index contributed by atoms with van der Waals surface area (Å²) in [6.07, 6.45) is 8.70. The Morgan fingerprint density at radius 2 is 2.11 bits per heavy atom. The second-order valence-corrected chi connectivity index (χ2v) is 7.31. The number of hydrogen-bond donors (Lipinski definition) is 2. The number of hydrogen-bond acceptors (Lipinski definition) is 3. The fraction of sp³-hybridized carbons (Fsp3) is 0.714. The van der Waals surface area contributed by atoms with Crippen LogP contribution in [0.4, 0.5) is 5.13 Å². The molecule has 1 aromatic heterocycles. The van der Waals surface area contributed by atoms with Gasteiger partial charge >= 0.3 is 0 Å². The zero-order valence-corrected chi connectivity index (χ0v) is 13.0. The van der Waals surface area contributed by atoms with Gasteiger partial charge in [0.25, 0.3) is 0 Å². The Labute approximate surface area is 124 Å². The van der Waals surface area contributed by atoms with Crippen molar-refractivity contribution in [2.75, 3.05) is 5.32 Å². The van der Waals surface area contributed by atoms with Crippen molar-refractivity contribution in [1.29, 1.82) is 0 Å². The number of thiazole rings is 1. The molecular formula is C14H21N3S2. The van der Waals surface area contributed by atoms with E-state index in [2.05, 4.69) is 22.5 Å². The minimum Gasteiger partial charge on any atom is -0.360 e. The SMILES string of the molecule is CC1CCc2nc(NC(=S)NC3CCCC3)sc2C1. The van der Waals surface area contributed by atoms with Gasteiger partial charge in [0.15, 0.2) is 10.2 Å². The molecule has 1 atom stereocenters. The van der Waals surface area contributed by atoms with Crippen molar-refractivity contribution in [3.63, 3.8) is 0 Å². The average molecular weight is 295 g/mol. The number of rotatable bonds is 2. The van der Waals surface area contributed by atoms with Crippen molar-refractivity contribution >= 4 is 33.8 Å². The van der Waals surface area contributed by atoms with Gasteiger partial charge < -0.3 is 10.6 Å². The summed E-state index contributed by atoms with van der Waals surface area (Å²) in [5, 5.41) is 8.38. The molecule has 0 amide bonds. The molecule has 2 aliphatic rings. The van der Waals surface area contributed by atoms with Gasteiger partial charge in [-0.15, -0.1) is 11.3 Å². The second-order valence-electron chi connectivity index (χ2n) is 5.82. The van der Waals surface area contributed by atoms with Gasteiger partial charge in [-0.05, 0) is 50.2 Å². The van der Waals surface area contributed by atoms with E-state index in [0.717, 1.165) is 22.6 Å². The molecule has 0 bridgehead atoms. The van der Waals surface area contributed by atoms with Crippen molar-refractivity contribution in [1.82, 2.24) is 10.3 Å². The van der Waals surface area contributed by atoms with Crippen LogP contribution in [0.5, 0.6) is 0 Å². The molecule has 19 heavy (non-hydrogen) atoms. The van der Waals surface area contributed by atoms with Crippen LogP contribution in [0.3, 0.4) is 0 Å². The first kappa shape index (κ1) is 13.3. The smallest absolute Gasteiger partial charge is 0.189 e. The summed E-state index contributed by atoms with van der Waals surface area (Å²) in [5.74, 6) is 0.796. The van der Waals surface area contributed by atoms with Gasteiger partial charge in [-0.3, -0.25) is 0 Å². The highest BCUT2D eigenvalue weighted by Crippen LogP contribution is 2.32. The number of fused-ring (bicyclic) bond motifs is 1. The first-order valence-corrected chi connectivity index (χ1v) is 8.49. The highest BCUT2D eigenvalue weighted by molar-refractivity contribution is 7.80. The predicted octanol–water partition coefficient (Wildman–Crippen LogP) is 3.50. The maximum atomic E-state index is 5.38. The lowest BCUT2D eigenvalue weighted by atomic mass is 9.93. The van der Waals surface area contributed by atoms with Crippen molar-refractivity contribution in [2.45, 2.75) is 57.9 Å². The Bertz CT molecular complexity index is 463. The summed E-state index contributed by atoms with van der Waals surface area (Å²) in [7, 11) is 0. The normalized spacial score (nSPS) is 23.1. The molecule has 0 saturated heterocycles. The molecule has 1 unspecified atom stereocenters. The molecule has 1 aromatic rings. The summed E-state index contributed by atoms with van der Waals surface area (Å²) in [5.41, 5.74) is 1.29. The molecule has 2 aliphatic carbocycles. The van der Waals surface area contributed by atoms with Gasteiger partial charge in [-0.25, -0.2) is 4.98 Å². The lowest BCUT2D eigenvalue weighted by Gasteiger charge is -2.15. The van der Waals surface area contributed by atoms with Gasteiger partial charge in [0, 0.05) is 10.9 Å². The number of nitrogens with one attached hydrogen (secondary N) is 2. The van der Waals surface area contributed by atoms with Crippen LogP contribution in [0.25, 0.3) is 0 Å². The van der Waals surface area contributed by atoms with E-state index in [9.17, 15) is 0 Å². The lowest BCUT2D eigenvalue weighted by molar-refractivity contribution is 0.502. The van der Waals surface area contributed by atoms with Crippen LogP contribution in [0.2, 0.25) is 0 Å². The van der Waals surface area contributed by atoms with Gasteiger partial charge in [0.05, 0.1) is 5.69 Å². The molecule has 1 fully saturated rings. The van der Waals surface area contributed by atoms with E-state index in [0.29, 0.717) is 6.04 Å².